The van der Waals surface area contributed by atoms with Gasteiger partial charge in [-0.3, -0.25) is 9.71 Å². The Balaban J connectivity index is 1.99. The molecule has 3 N–H and O–H groups in total. The zero-order valence-electron chi connectivity index (χ0n) is 16.9. The summed E-state index contributed by atoms with van der Waals surface area (Å²) in [7, 11) is -2.08. The number of benzene rings is 1. The van der Waals surface area contributed by atoms with E-state index in [1.54, 1.807) is 0 Å². The number of amidine groups is 1. The minimum absolute atomic E-state index is 0.168. The predicted octanol–water partition coefficient (Wildman–Crippen LogP) is -0.132. The fourth-order valence-electron chi connectivity index (χ4n) is 2.58. The molecule has 1 aromatic carbocycles. The van der Waals surface area contributed by atoms with Crippen LogP contribution in [-0.2, 0) is 26.6 Å². The maximum Gasteiger partial charge on any atom is 0.277 e. The van der Waals surface area contributed by atoms with Crippen molar-refractivity contribution in [2.45, 2.75) is 13.0 Å². The summed E-state index contributed by atoms with van der Waals surface area (Å²) in [4.78, 5) is 6.14. The summed E-state index contributed by atoms with van der Waals surface area (Å²) in [6.07, 6.45) is 0.492. The number of nitrogens with two attached hydrogens (primary N) is 1. The predicted molar refractivity (Wildman–Crippen MR) is 112 cm³/mol. The van der Waals surface area contributed by atoms with E-state index in [4.69, 9.17) is 10.5 Å². The Kier molecular flexibility index (Phi) is 7.27. The Morgan fingerprint density at radius 1 is 1.21 bits per heavy atom. The second-order valence-corrected chi connectivity index (χ2v) is 10.9. The van der Waals surface area contributed by atoms with Gasteiger partial charge in [0.15, 0.2) is 5.84 Å². The molecule has 0 saturated heterocycles. The van der Waals surface area contributed by atoms with Gasteiger partial charge in [0.25, 0.3) is 20.0 Å². The van der Waals surface area contributed by atoms with Crippen LogP contribution in [0.2, 0.25) is 0 Å². The zero-order valence-corrected chi connectivity index (χ0v) is 18.5. The zero-order chi connectivity index (χ0) is 21.8. The van der Waals surface area contributed by atoms with Crippen LogP contribution in [0.15, 0.2) is 39.2 Å². The fourth-order valence-corrected chi connectivity index (χ4v) is 5.87. The number of nitrogens with one attached hydrogen (secondary N) is 1. The number of sulfonamides is 2. The summed E-state index contributed by atoms with van der Waals surface area (Å²) >= 11 is 0. The molecule has 1 heterocycles. The maximum absolute atomic E-state index is 12.2. The van der Waals surface area contributed by atoms with Crippen LogP contribution in [0.4, 0.5) is 0 Å². The molecule has 1 aliphatic heterocycles. The Hall–Kier alpha value is -2.15. The summed E-state index contributed by atoms with van der Waals surface area (Å²) in [6, 6.07) is 7.74. The molecule has 1 aromatic rings. The van der Waals surface area contributed by atoms with E-state index in [0.717, 1.165) is 22.2 Å². The fraction of sp³-hybridized carbons (Fsp3) is 0.471. The van der Waals surface area contributed by atoms with Gasteiger partial charge >= 0.3 is 0 Å². The van der Waals surface area contributed by atoms with Crippen molar-refractivity contribution in [3.63, 3.8) is 0 Å². The number of nitrogens with zero attached hydrogens (tertiary/aromatic N) is 3. The van der Waals surface area contributed by atoms with Gasteiger partial charge in [-0.1, -0.05) is 12.1 Å². The Morgan fingerprint density at radius 2 is 1.90 bits per heavy atom. The maximum atomic E-state index is 12.2. The van der Waals surface area contributed by atoms with Gasteiger partial charge in [0.2, 0.25) is 4.24 Å². The van der Waals surface area contributed by atoms with E-state index in [2.05, 4.69) is 14.6 Å². The first-order chi connectivity index (χ1) is 13.4. The molecule has 0 aromatic heterocycles. The van der Waals surface area contributed by atoms with Gasteiger partial charge in [-0.15, -0.1) is 0 Å². The summed E-state index contributed by atoms with van der Waals surface area (Å²) in [5.74, 6) is 0.566. The summed E-state index contributed by atoms with van der Waals surface area (Å²) in [5, 5.41) is 0. The summed E-state index contributed by atoms with van der Waals surface area (Å²) in [5.41, 5.74) is 6.47. The van der Waals surface area contributed by atoms with Crippen molar-refractivity contribution in [1.29, 1.82) is 0 Å². The standard InChI is InChI=1S/C17H27N5O5S2/c1-21(2)12-13-7-5-8-14(11-13)27-10-6-9-19-16-15(18)17(28(23,24)20-16)29(25,26)22(3)4/h5,7-8,11H,6,9-10,12,18H2,1-4H3,(H,19,20). The number of hydrogen-bond donors (Lipinski definition) is 2. The SMILES string of the molecule is CN(C)Cc1cccc(OCCCN=C2NS(=O)(=O)C(S(=O)(=O)N(C)C)=C2N)c1. The van der Waals surface area contributed by atoms with Gasteiger partial charge < -0.3 is 15.4 Å². The molecule has 0 radical (unpaired) electrons. The highest BCUT2D eigenvalue weighted by Crippen LogP contribution is 2.24. The summed E-state index contributed by atoms with van der Waals surface area (Å²) < 4.78 is 56.5. The Bertz CT molecular complexity index is 1010. The van der Waals surface area contributed by atoms with Crippen LogP contribution in [0.5, 0.6) is 5.75 Å². The topological polar surface area (TPSA) is 134 Å². The van der Waals surface area contributed by atoms with E-state index in [0.29, 0.717) is 13.0 Å². The van der Waals surface area contributed by atoms with E-state index >= 15 is 0 Å². The van der Waals surface area contributed by atoms with Gasteiger partial charge in [0.1, 0.15) is 11.4 Å². The number of ether oxygens (including phenoxy) is 1. The van der Waals surface area contributed by atoms with Crippen LogP contribution in [0, 0.1) is 0 Å². The highest BCUT2D eigenvalue weighted by atomic mass is 32.3. The van der Waals surface area contributed by atoms with Crippen LogP contribution < -0.4 is 15.2 Å². The van der Waals surface area contributed by atoms with Crippen LogP contribution in [-0.4, -0.2) is 73.2 Å². The van der Waals surface area contributed by atoms with Crippen LogP contribution in [0.25, 0.3) is 0 Å². The van der Waals surface area contributed by atoms with Crippen LogP contribution in [0.1, 0.15) is 12.0 Å². The molecule has 0 bridgehead atoms. The van der Waals surface area contributed by atoms with Crippen molar-refractivity contribution in [2.75, 3.05) is 41.3 Å². The molecular formula is C17H27N5O5S2. The molecule has 0 amide bonds. The second-order valence-electron chi connectivity index (χ2n) is 6.91. The van der Waals surface area contributed by atoms with E-state index in [1.807, 2.05) is 38.4 Å². The lowest BCUT2D eigenvalue weighted by molar-refractivity contribution is 0.312. The molecule has 1 aliphatic rings. The minimum atomic E-state index is -4.28. The molecule has 0 fully saturated rings. The Labute approximate surface area is 172 Å². The second kappa shape index (κ2) is 9.11. The van der Waals surface area contributed by atoms with Gasteiger partial charge in [0, 0.05) is 33.6 Å². The van der Waals surface area contributed by atoms with E-state index in [-0.39, 0.29) is 12.4 Å². The van der Waals surface area contributed by atoms with Crippen molar-refractivity contribution in [3.8, 4) is 5.75 Å². The lowest BCUT2D eigenvalue weighted by Crippen LogP contribution is -2.30. The van der Waals surface area contributed by atoms with Crippen LogP contribution >= 0.6 is 0 Å². The third kappa shape index (κ3) is 5.69. The first-order valence-electron chi connectivity index (χ1n) is 8.81. The van der Waals surface area contributed by atoms with Gasteiger partial charge in [-0.25, -0.2) is 21.1 Å². The van der Waals surface area contributed by atoms with Gasteiger partial charge in [-0.05, 0) is 31.8 Å². The minimum Gasteiger partial charge on any atom is -0.494 e. The lowest BCUT2D eigenvalue weighted by atomic mass is 10.2. The monoisotopic (exact) mass is 445 g/mol. The van der Waals surface area contributed by atoms with Gasteiger partial charge in [0.05, 0.1) is 6.61 Å². The molecule has 12 heteroatoms. The largest absolute Gasteiger partial charge is 0.494 e. The quantitative estimate of drug-likeness (QED) is 0.506. The van der Waals surface area contributed by atoms with E-state index in [9.17, 15) is 16.8 Å². The number of rotatable bonds is 9. The van der Waals surface area contributed by atoms with Crippen molar-refractivity contribution in [2.24, 2.45) is 10.7 Å². The molecule has 29 heavy (non-hydrogen) atoms. The first-order valence-corrected chi connectivity index (χ1v) is 11.7. The number of aliphatic imine (C=N–C) groups is 1. The molecule has 0 spiro atoms. The third-order valence-corrected chi connectivity index (χ3v) is 8.01. The third-order valence-electron chi connectivity index (χ3n) is 3.90. The van der Waals surface area contributed by atoms with E-state index < -0.39 is 30.0 Å². The molecule has 0 aliphatic carbocycles. The summed E-state index contributed by atoms with van der Waals surface area (Å²) in [6.45, 7) is 1.38. The lowest BCUT2D eigenvalue weighted by Gasteiger charge is -2.11. The molecule has 2 rings (SSSR count). The van der Waals surface area contributed by atoms with Crippen molar-refractivity contribution >= 4 is 25.9 Å². The highest BCUT2D eigenvalue weighted by Gasteiger charge is 2.42. The van der Waals surface area contributed by atoms with Crippen LogP contribution in [0.3, 0.4) is 0 Å². The molecule has 0 saturated carbocycles. The Morgan fingerprint density at radius 3 is 2.52 bits per heavy atom. The highest BCUT2D eigenvalue weighted by molar-refractivity contribution is 8.13. The first kappa shape index (κ1) is 23.1. The van der Waals surface area contributed by atoms with Crippen molar-refractivity contribution < 1.29 is 21.6 Å². The normalized spacial score (nSPS) is 17.9. The average molecular weight is 446 g/mol. The molecule has 162 valence electrons. The molecule has 10 nitrogen and oxygen atoms in total. The smallest absolute Gasteiger partial charge is 0.277 e. The molecule has 0 atom stereocenters. The average Bonchev–Trinajstić information content (AvgIpc) is 2.83. The molecular weight excluding hydrogens is 418 g/mol. The molecule has 0 unspecified atom stereocenters. The van der Waals surface area contributed by atoms with E-state index in [1.165, 1.54) is 14.1 Å². The van der Waals surface area contributed by atoms with Gasteiger partial charge in [-0.2, -0.15) is 0 Å². The van der Waals surface area contributed by atoms with Crippen molar-refractivity contribution in [1.82, 2.24) is 13.9 Å². The van der Waals surface area contributed by atoms with Crippen molar-refractivity contribution in [3.05, 3.63) is 39.8 Å². The number of hydrogen-bond acceptors (Lipinski definition) is 8.